The zero-order valence-corrected chi connectivity index (χ0v) is 15.0. The van der Waals surface area contributed by atoms with Crippen LogP contribution in [0.2, 0.25) is 0 Å². The molecule has 0 aliphatic rings. The van der Waals surface area contributed by atoms with Crippen molar-refractivity contribution in [3.63, 3.8) is 0 Å². The van der Waals surface area contributed by atoms with Crippen LogP contribution in [0.1, 0.15) is 21.3 Å². The van der Waals surface area contributed by atoms with Gasteiger partial charge in [-0.25, -0.2) is 0 Å². The molecule has 2 heteroatoms. The molecule has 0 spiro atoms. The fourth-order valence-electron chi connectivity index (χ4n) is 2.38. The molecule has 0 unspecified atom stereocenters. The van der Waals surface area contributed by atoms with Crippen LogP contribution in [0, 0.1) is 13.8 Å². The van der Waals surface area contributed by atoms with Gasteiger partial charge in [-0.1, -0.05) is 66.7 Å². The summed E-state index contributed by atoms with van der Waals surface area (Å²) in [4.78, 5) is 2.70. The van der Waals surface area contributed by atoms with E-state index in [1.807, 2.05) is 23.5 Å². The molecule has 0 nitrogen and oxygen atoms in total. The molecule has 0 heterocycles. The molecule has 116 valence electrons. The van der Waals surface area contributed by atoms with Crippen molar-refractivity contribution in [1.82, 2.24) is 0 Å². The van der Waals surface area contributed by atoms with E-state index < -0.39 is 0 Å². The molecule has 0 aromatic heterocycles. The maximum Gasteiger partial charge on any atom is 0.0845 e. The molecule has 0 radical (unpaired) electrons. The highest BCUT2D eigenvalue weighted by atomic mass is 32.2. The molecule has 0 saturated carbocycles. The van der Waals surface area contributed by atoms with Crippen LogP contribution in [-0.2, 0) is 0 Å². The van der Waals surface area contributed by atoms with E-state index in [1.165, 1.54) is 26.5 Å². The Morgan fingerprint density at radius 1 is 0.565 bits per heavy atom. The van der Waals surface area contributed by atoms with Gasteiger partial charge >= 0.3 is 0 Å². The van der Waals surface area contributed by atoms with Crippen molar-refractivity contribution in [2.24, 2.45) is 0 Å². The molecule has 0 N–H and O–H groups in total. The highest BCUT2D eigenvalue weighted by molar-refractivity contribution is 8.16. The Balaban J connectivity index is 1.91. The summed E-state index contributed by atoms with van der Waals surface area (Å²) in [5, 5.41) is 0. The molecule has 0 aliphatic heterocycles. The van der Waals surface area contributed by atoms with E-state index >= 15 is 0 Å². The van der Waals surface area contributed by atoms with E-state index in [1.54, 1.807) is 0 Å². The number of hydrogen-bond acceptors (Lipinski definition) is 2. The van der Waals surface area contributed by atoms with E-state index in [0.29, 0.717) is 4.58 Å². The van der Waals surface area contributed by atoms with Gasteiger partial charge in [-0.3, -0.25) is 0 Å². The van der Waals surface area contributed by atoms with Gasteiger partial charge in [0.15, 0.2) is 0 Å². The van der Waals surface area contributed by atoms with Gasteiger partial charge in [0.25, 0.3) is 0 Å². The lowest BCUT2D eigenvalue weighted by Crippen LogP contribution is -1.92. The Hall–Kier alpha value is -1.64. The standard InChI is InChI=1S/C21H20S2/c1-16-10-6-8-14-19(16)22-21(18-12-4-3-5-13-18)23-20-15-9-7-11-17(20)2/h3-15,21H,1-2H3. The lowest BCUT2D eigenvalue weighted by Gasteiger charge is -2.19. The SMILES string of the molecule is Cc1ccccc1SC(Sc1ccccc1C)c1ccccc1. The van der Waals surface area contributed by atoms with Gasteiger partial charge in [-0.2, -0.15) is 0 Å². The Morgan fingerprint density at radius 3 is 1.48 bits per heavy atom. The van der Waals surface area contributed by atoms with E-state index in [4.69, 9.17) is 0 Å². The minimum Gasteiger partial charge on any atom is -0.106 e. The average molecular weight is 337 g/mol. The maximum atomic E-state index is 2.22. The highest BCUT2D eigenvalue weighted by Gasteiger charge is 2.16. The van der Waals surface area contributed by atoms with Gasteiger partial charge in [0.1, 0.15) is 0 Å². The van der Waals surface area contributed by atoms with Crippen molar-refractivity contribution in [3.05, 3.63) is 95.6 Å². The minimum atomic E-state index is 0.346. The average Bonchev–Trinajstić information content (AvgIpc) is 2.59. The van der Waals surface area contributed by atoms with Crippen LogP contribution in [-0.4, -0.2) is 0 Å². The Bertz CT molecular complexity index is 718. The third kappa shape index (κ3) is 4.21. The summed E-state index contributed by atoms with van der Waals surface area (Å²) < 4.78 is 0.346. The molecule has 0 bridgehead atoms. The third-order valence-corrected chi connectivity index (χ3v) is 6.70. The van der Waals surface area contributed by atoms with Crippen LogP contribution in [0.3, 0.4) is 0 Å². The summed E-state index contributed by atoms with van der Waals surface area (Å²) in [6.45, 7) is 4.37. The van der Waals surface area contributed by atoms with Crippen LogP contribution < -0.4 is 0 Å². The topological polar surface area (TPSA) is 0 Å². The smallest absolute Gasteiger partial charge is 0.0845 e. The fraction of sp³-hybridized carbons (Fsp3) is 0.143. The first-order valence-corrected chi connectivity index (χ1v) is 9.49. The monoisotopic (exact) mass is 336 g/mol. The molecule has 3 aromatic carbocycles. The van der Waals surface area contributed by atoms with Gasteiger partial charge < -0.3 is 0 Å². The lowest BCUT2D eigenvalue weighted by atomic mass is 10.2. The molecule has 23 heavy (non-hydrogen) atoms. The van der Waals surface area contributed by atoms with Crippen LogP contribution in [0.25, 0.3) is 0 Å². The first kappa shape index (κ1) is 16.2. The van der Waals surface area contributed by atoms with Gasteiger partial charge in [-0.05, 0) is 42.7 Å². The zero-order chi connectivity index (χ0) is 16.1. The molecular weight excluding hydrogens is 316 g/mol. The van der Waals surface area contributed by atoms with Crippen LogP contribution >= 0.6 is 23.5 Å². The summed E-state index contributed by atoms with van der Waals surface area (Å²) in [5.74, 6) is 0. The summed E-state index contributed by atoms with van der Waals surface area (Å²) in [5.41, 5.74) is 4.03. The third-order valence-electron chi connectivity index (χ3n) is 3.73. The maximum absolute atomic E-state index is 2.22. The second kappa shape index (κ2) is 7.76. The van der Waals surface area contributed by atoms with Crippen molar-refractivity contribution < 1.29 is 0 Å². The molecule has 0 amide bonds. The van der Waals surface area contributed by atoms with Gasteiger partial charge in [0, 0.05) is 9.79 Å². The number of aryl methyl sites for hydroxylation is 2. The quantitative estimate of drug-likeness (QED) is 0.367. The van der Waals surface area contributed by atoms with Gasteiger partial charge in [0.2, 0.25) is 0 Å². The number of hydrogen-bond donors (Lipinski definition) is 0. The normalized spacial score (nSPS) is 10.9. The predicted molar refractivity (Wildman–Crippen MR) is 103 cm³/mol. The second-order valence-electron chi connectivity index (χ2n) is 5.51. The van der Waals surface area contributed by atoms with E-state index in [9.17, 15) is 0 Å². The Morgan fingerprint density at radius 2 is 1.00 bits per heavy atom. The molecule has 0 saturated heterocycles. The summed E-state index contributed by atoms with van der Waals surface area (Å²) in [6.07, 6.45) is 0. The summed E-state index contributed by atoms with van der Waals surface area (Å²) in [7, 11) is 0. The second-order valence-corrected chi connectivity index (χ2v) is 8.10. The number of thioether (sulfide) groups is 2. The van der Waals surface area contributed by atoms with Crippen molar-refractivity contribution in [3.8, 4) is 0 Å². The fourth-order valence-corrected chi connectivity index (χ4v) is 5.06. The van der Waals surface area contributed by atoms with Crippen molar-refractivity contribution >= 4 is 23.5 Å². The van der Waals surface area contributed by atoms with Gasteiger partial charge in [-0.15, -0.1) is 23.5 Å². The van der Waals surface area contributed by atoms with E-state index in [2.05, 4.69) is 92.7 Å². The zero-order valence-electron chi connectivity index (χ0n) is 13.4. The molecule has 0 atom stereocenters. The Labute approximate surface area is 147 Å². The highest BCUT2D eigenvalue weighted by Crippen LogP contribution is 2.48. The number of benzene rings is 3. The van der Waals surface area contributed by atoms with E-state index in [-0.39, 0.29) is 0 Å². The molecule has 3 rings (SSSR count). The molecule has 3 aromatic rings. The molecule has 0 fully saturated rings. The van der Waals surface area contributed by atoms with Crippen molar-refractivity contribution in [2.45, 2.75) is 28.2 Å². The van der Waals surface area contributed by atoms with E-state index in [0.717, 1.165) is 0 Å². The van der Waals surface area contributed by atoms with Crippen LogP contribution in [0.5, 0.6) is 0 Å². The molecule has 0 aliphatic carbocycles. The van der Waals surface area contributed by atoms with Gasteiger partial charge in [0.05, 0.1) is 4.58 Å². The first-order chi connectivity index (χ1) is 11.2. The van der Waals surface area contributed by atoms with Crippen molar-refractivity contribution in [1.29, 1.82) is 0 Å². The minimum absolute atomic E-state index is 0.346. The molecular formula is C21H20S2. The van der Waals surface area contributed by atoms with Crippen LogP contribution in [0.15, 0.2) is 88.7 Å². The first-order valence-electron chi connectivity index (χ1n) is 7.73. The number of rotatable bonds is 5. The Kier molecular flexibility index (Phi) is 5.47. The lowest BCUT2D eigenvalue weighted by molar-refractivity contribution is 1.26. The largest absolute Gasteiger partial charge is 0.106 e. The van der Waals surface area contributed by atoms with Crippen molar-refractivity contribution in [2.75, 3.05) is 0 Å². The summed E-state index contributed by atoms with van der Waals surface area (Å²) >= 11 is 3.87. The summed E-state index contributed by atoms with van der Waals surface area (Å²) in [6, 6.07) is 28.0. The van der Waals surface area contributed by atoms with Crippen LogP contribution in [0.4, 0.5) is 0 Å². The predicted octanol–water partition coefficient (Wildman–Crippen LogP) is 6.89.